The van der Waals surface area contributed by atoms with Crippen LogP contribution >= 0.6 is 11.8 Å². The molecular weight excluding hydrogens is 302 g/mol. The lowest BCUT2D eigenvalue weighted by atomic mass is 10.0. The summed E-state index contributed by atoms with van der Waals surface area (Å²) in [4.78, 5) is 17.0. The van der Waals surface area contributed by atoms with E-state index < -0.39 is 0 Å². The Balaban J connectivity index is 1.80. The van der Waals surface area contributed by atoms with Crippen LogP contribution in [0.3, 0.4) is 0 Å². The van der Waals surface area contributed by atoms with Crippen LogP contribution in [0.25, 0.3) is 6.08 Å². The van der Waals surface area contributed by atoms with E-state index in [1.165, 1.54) is 22.9 Å². The molecule has 2 aromatic carbocycles. The molecule has 0 bridgehead atoms. The van der Waals surface area contributed by atoms with Gasteiger partial charge in [-0.2, -0.15) is 0 Å². The highest BCUT2D eigenvalue weighted by molar-refractivity contribution is 8.19. The Bertz CT molecular complexity index is 783. The lowest BCUT2D eigenvalue weighted by Gasteiger charge is -2.05. The summed E-state index contributed by atoms with van der Waals surface area (Å²) in [7, 11) is 0. The van der Waals surface area contributed by atoms with Crippen molar-refractivity contribution >= 4 is 28.8 Å². The summed E-state index contributed by atoms with van der Waals surface area (Å²) in [6.45, 7) is 6.39. The quantitative estimate of drug-likeness (QED) is 0.729. The number of thioether (sulfide) groups is 1. The van der Waals surface area contributed by atoms with Crippen molar-refractivity contribution in [1.82, 2.24) is 0 Å². The van der Waals surface area contributed by atoms with Crippen LogP contribution in [0.15, 0.2) is 58.4 Å². The monoisotopic (exact) mass is 321 g/mol. The van der Waals surface area contributed by atoms with Gasteiger partial charge < -0.3 is 0 Å². The predicted octanol–water partition coefficient (Wildman–Crippen LogP) is 5.18. The third-order valence-corrected chi connectivity index (χ3v) is 4.85. The molecular formula is C20H19NOS. The highest BCUT2D eigenvalue weighted by Crippen LogP contribution is 2.32. The summed E-state index contributed by atoms with van der Waals surface area (Å²) >= 11 is 1.44. The number of nitrogens with zero attached hydrogens (tertiary/aromatic N) is 1. The van der Waals surface area contributed by atoms with Gasteiger partial charge in [0.05, 0.1) is 4.91 Å². The fraction of sp³-hybridized carbons (Fsp3) is 0.200. The first kappa shape index (κ1) is 15.8. The molecule has 0 aromatic heterocycles. The number of amides is 1. The molecule has 2 aromatic rings. The lowest BCUT2D eigenvalue weighted by Crippen LogP contribution is -1.90. The Kier molecular flexibility index (Phi) is 4.49. The molecule has 0 saturated carbocycles. The van der Waals surface area contributed by atoms with Gasteiger partial charge in [-0.25, -0.2) is 4.99 Å². The van der Waals surface area contributed by atoms with Crippen molar-refractivity contribution in [3.05, 3.63) is 75.7 Å². The second-order valence-corrected chi connectivity index (χ2v) is 7.05. The Hall–Kier alpha value is -2.13. The number of carbonyl (C=O) groups excluding carboxylic acids is 1. The van der Waals surface area contributed by atoms with Gasteiger partial charge in [-0.1, -0.05) is 79.7 Å². The SMILES string of the molecule is Cc1ccc(C2=NC(=O)/C(=C/c3ccc(C(C)C)cc3)S2)cc1. The molecule has 0 spiro atoms. The van der Waals surface area contributed by atoms with Gasteiger partial charge in [0.15, 0.2) is 0 Å². The average molecular weight is 321 g/mol. The largest absolute Gasteiger partial charge is 0.284 e. The van der Waals surface area contributed by atoms with E-state index in [1.807, 2.05) is 37.3 Å². The molecule has 0 radical (unpaired) electrons. The van der Waals surface area contributed by atoms with Crippen LogP contribution in [-0.4, -0.2) is 11.0 Å². The Morgan fingerprint density at radius 3 is 2.26 bits per heavy atom. The van der Waals surface area contributed by atoms with Crippen molar-refractivity contribution in [3.8, 4) is 0 Å². The fourth-order valence-corrected chi connectivity index (χ4v) is 3.28. The lowest BCUT2D eigenvalue weighted by molar-refractivity contribution is -0.113. The van der Waals surface area contributed by atoms with Gasteiger partial charge in [-0.15, -0.1) is 0 Å². The summed E-state index contributed by atoms with van der Waals surface area (Å²) in [6, 6.07) is 16.4. The highest BCUT2D eigenvalue weighted by Gasteiger charge is 2.22. The molecule has 23 heavy (non-hydrogen) atoms. The summed E-state index contributed by atoms with van der Waals surface area (Å²) in [5.74, 6) is 0.356. The second-order valence-electron chi connectivity index (χ2n) is 6.02. The Morgan fingerprint density at radius 2 is 1.65 bits per heavy atom. The Morgan fingerprint density at radius 1 is 1.00 bits per heavy atom. The van der Waals surface area contributed by atoms with Crippen molar-refractivity contribution in [2.24, 2.45) is 4.99 Å². The van der Waals surface area contributed by atoms with Gasteiger partial charge >= 0.3 is 0 Å². The molecule has 1 aliphatic rings. The van der Waals surface area contributed by atoms with Crippen LogP contribution in [0.1, 0.15) is 42.0 Å². The number of hydrogen-bond donors (Lipinski definition) is 0. The van der Waals surface area contributed by atoms with Crippen molar-refractivity contribution < 1.29 is 4.79 Å². The minimum Gasteiger partial charge on any atom is -0.266 e. The molecule has 3 rings (SSSR count). The molecule has 116 valence electrons. The molecule has 1 amide bonds. The normalized spacial score (nSPS) is 16.3. The molecule has 2 nitrogen and oxygen atoms in total. The van der Waals surface area contributed by atoms with Crippen LogP contribution < -0.4 is 0 Å². The molecule has 1 aliphatic heterocycles. The second kappa shape index (κ2) is 6.55. The van der Waals surface area contributed by atoms with Gasteiger partial charge in [-0.05, 0) is 30.0 Å². The minimum absolute atomic E-state index is 0.154. The van der Waals surface area contributed by atoms with E-state index in [9.17, 15) is 4.79 Å². The van der Waals surface area contributed by atoms with E-state index in [1.54, 1.807) is 0 Å². The van der Waals surface area contributed by atoms with E-state index in [0.29, 0.717) is 10.8 Å². The molecule has 3 heteroatoms. The first-order valence-electron chi connectivity index (χ1n) is 7.72. The summed E-state index contributed by atoms with van der Waals surface area (Å²) < 4.78 is 0. The maximum absolute atomic E-state index is 12.1. The predicted molar refractivity (Wildman–Crippen MR) is 98.8 cm³/mol. The van der Waals surface area contributed by atoms with E-state index in [-0.39, 0.29) is 5.91 Å². The van der Waals surface area contributed by atoms with Crippen molar-refractivity contribution in [1.29, 1.82) is 0 Å². The molecule has 0 fully saturated rings. The van der Waals surface area contributed by atoms with Crippen molar-refractivity contribution in [2.45, 2.75) is 26.7 Å². The zero-order valence-electron chi connectivity index (χ0n) is 13.5. The number of aryl methyl sites for hydroxylation is 1. The molecule has 0 atom stereocenters. The van der Waals surface area contributed by atoms with Crippen LogP contribution in [-0.2, 0) is 4.79 Å². The van der Waals surface area contributed by atoms with Gasteiger partial charge in [0.25, 0.3) is 5.91 Å². The minimum atomic E-state index is -0.154. The molecule has 0 saturated heterocycles. The van der Waals surface area contributed by atoms with Crippen LogP contribution in [0, 0.1) is 6.92 Å². The fourth-order valence-electron chi connectivity index (χ4n) is 2.36. The third-order valence-electron chi connectivity index (χ3n) is 3.82. The number of benzene rings is 2. The topological polar surface area (TPSA) is 29.4 Å². The zero-order valence-corrected chi connectivity index (χ0v) is 14.4. The molecule has 0 unspecified atom stereocenters. The van der Waals surface area contributed by atoms with E-state index in [2.05, 4.69) is 43.1 Å². The smallest absolute Gasteiger partial charge is 0.266 e. The van der Waals surface area contributed by atoms with Gasteiger partial charge in [0.1, 0.15) is 5.04 Å². The van der Waals surface area contributed by atoms with E-state index in [4.69, 9.17) is 0 Å². The van der Waals surface area contributed by atoms with Crippen LogP contribution in [0.4, 0.5) is 0 Å². The van der Waals surface area contributed by atoms with Crippen LogP contribution in [0.2, 0.25) is 0 Å². The average Bonchev–Trinajstić information content (AvgIpc) is 2.89. The number of aliphatic imine (C=N–C) groups is 1. The molecule has 0 N–H and O–H groups in total. The van der Waals surface area contributed by atoms with Crippen molar-refractivity contribution in [3.63, 3.8) is 0 Å². The van der Waals surface area contributed by atoms with E-state index in [0.717, 1.165) is 16.2 Å². The number of carbonyl (C=O) groups is 1. The summed E-state index contributed by atoms with van der Waals surface area (Å²) in [5, 5.41) is 0.778. The first-order valence-corrected chi connectivity index (χ1v) is 8.54. The third kappa shape index (κ3) is 3.62. The first-order chi connectivity index (χ1) is 11.0. The van der Waals surface area contributed by atoms with Gasteiger partial charge in [0, 0.05) is 5.56 Å². The van der Waals surface area contributed by atoms with Gasteiger partial charge in [-0.3, -0.25) is 4.79 Å². The number of rotatable bonds is 3. The van der Waals surface area contributed by atoms with Crippen molar-refractivity contribution in [2.75, 3.05) is 0 Å². The maximum Gasteiger partial charge on any atom is 0.284 e. The van der Waals surface area contributed by atoms with Crippen LogP contribution in [0.5, 0.6) is 0 Å². The molecule has 0 aliphatic carbocycles. The highest BCUT2D eigenvalue weighted by atomic mass is 32.2. The molecule has 1 heterocycles. The van der Waals surface area contributed by atoms with E-state index >= 15 is 0 Å². The zero-order chi connectivity index (χ0) is 16.4. The summed E-state index contributed by atoms with van der Waals surface area (Å²) in [5.41, 5.74) is 4.52. The Labute approximate surface area is 141 Å². The summed E-state index contributed by atoms with van der Waals surface area (Å²) in [6.07, 6.45) is 1.92. The number of hydrogen-bond acceptors (Lipinski definition) is 2. The maximum atomic E-state index is 12.1. The standard InChI is InChI=1S/C20H19NOS/c1-13(2)16-10-6-15(7-11-16)12-18-19(22)21-20(23-18)17-8-4-14(3)5-9-17/h4-13H,1-3H3/b18-12-. The van der Waals surface area contributed by atoms with Gasteiger partial charge in [0.2, 0.25) is 0 Å².